The number of methoxy groups -OCH3 is 1. The first-order valence-corrected chi connectivity index (χ1v) is 11.2. The molecule has 1 aliphatic rings. The molecule has 1 saturated heterocycles. The summed E-state index contributed by atoms with van der Waals surface area (Å²) in [5.41, 5.74) is 1.97. The molecular formula is C25H30ClN3O3. The molecular weight excluding hydrogens is 426 g/mol. The molecule has 0 aliphatic carbocycles. The molecule has 2 unspecified atom stereocenters. The van der Waals surface area contributed by atoms with Gasteiger partial charge in [-0.1, -0.05) is 41.9 Å². The van der Waals surface area contributed by atoms with Crippen LogP contribution in [-0.2, 0) is 9.59 Å². The SMILES string of the molecule is COc1ccc(/C=C/C(=O)NC(C)C(=O)N2CCN(C(C)c3ccccc3Cl)CC2)cc1. The van der Waals surface area contributed by atoms with Gasteiger partial charge in [-0.2, -0.15) is 0 Å². The van der Waals surface area contributed by atoms with Crippen LogP contribution in [0.2, 0.25) is 5.02 Å². The van der Waals surface area contributed by atoms with Crippen molar-refractivity contribution in [2.45, 2.75) is 25.9 Å². The zero-order chi connectivity index (χ0) is 23.1. The summed E-state index contributed by atoms with van der Waals surface area (Å²) >= 11 is 6.34. The molecule has 6 nitrogen and oxygen atoms in total. The van der Waals surface area contributed by atoms with E-state index in [9.17, 15) is 9.59 Å². The first kappa shape index (κ1) is 23.8. The van der Waals surface area contributed by atoms with E-state index < -0.39 is 6.04 Å². The fraction of sp³-hybridized carbons (Fsp3) is 0.360. The predicted molar refractivity (Wildman–Crippen MR) is 128 cm³/mol. The van der Waals surface area contributed by atoms with Crippen LogP contribution in [0.15, 0.2) is 54.6 Å². The Hall–Kier alpha value is -2.83. The van der Waals surface area contributed by atoms with Gasteiger partial charge in [-0.05, 0) is 49.2 Å². The second kappa shape index (κ2) is 11.2. The first-order valence-electron chi connectivity index (χ1n) is 10.8. The Labute approximate surface area is 194 Å². The maximum atomic E-state index is 12.8. The van der Waals surface area contributed by atoms with E-state index in [1.54, 1.807) is 20.1 Å². The number of amides is 2. The minimum Gasteiger partial charge on any atom is -0.497 e. The van der Waals surface area contributed by atoms with E-state index in [4.69, 9.17) is 16.3 Å². The Balaban J connectivity index is 1.48. The minimum atomic E-state index is -0.587. The summed E-state index contributed by atoms with van der Waals surface area (Å²) in [6.07, 6.45) is 3.15. The molecule has 0 bridgehead atoms. The molecule has 1 N–H and O–H groups in total. The van der Waals surface area contributed by atoms with Crippen molar-refractivity contribution in [2.24, 2.45) is 0 Å². The molecule has 2 atom stereocenters. The van der Waals surface area contributed by atoms with Crippen LogP contribution in [0.5, 0.6) is 5.75 Å². The minimum absolute atomic E-state index is 0.0683. The highest BCUT2D eigenvalue weighted by Gasteiger charge is 2.28. The molecule has 0 radical (unpaired) electrons. The molecule has 2 aromatic rings. The maximum Gasteiger partial charge on any atom is 0.244 e. The lowest BCUT2D eigenvalue weighted by Crippen LogP contribution is -2.54. The van der Waals surface area contributed by atoms with Gasteiger partial charge in [-0.25, -0.2) is 0 Å². The normalized spacial score (nSPS) is 16.6. The van der Waals surface area contributed by atoms with Gasteiger partial charge in [0.1, 0.15) is 11.8 Å². The number of nitrogens with zero attached hydrogens (tertiary/aromatic N) is 2. The summed E-state index contributed by atoms with van der Waals surface area (Å²) in [6, 6.07) is 14.8. The third kappa shape index (κ3) is 6.11. The summed E-state index contributed by atoms with van der Waals surface area (Å²) < 4.78 is 5.12. The maximum absolute atomic E-state index is 12.8. The second-order valence-electron chi connectivity index (χ2n) is 7.90. The van der Waals surface area contributed by atoms with E-state index in [0.717, 1.165) is 35.0 Å². The Morgan fingerprint density at radius 2 is 1.69 bits per heavy atom. The number of ether oxygens (including phenoxy) is 1. The van der Waals surface area contributed by atoms with Gasteiger partial charge in [0.25, 0.3) is 0 Å². The van der Waals surface area contributed by atoms with Crippen LogP contribution in [0.3, 0.4) is 0 Å². The smallest absolute Gasteiger partial charge is 0.244 e. The lowest BCUT2D eigenvalue weighted by molar-refractivity contribution is -0.137. The number of hydrogen-bond acceptors (Lipinski definition) is 4. The fourth-order valence-electron chi connectivity index (χ4n) is 3.82. The van der Waals surface area contributed by atoms with Crippen molar-refractivity contribution >= 4 is 29.5 Å². The number of carbonyl (C=O) groups is 2. The summed E-state index contributed by atoms with van der Waals surface area (Å²) in [5, 5.41) is 3.53. The van der Waals surface area contributed by atoms with E-state index >= 15 is 0 Å². The lowest BCUT2D eigenvalue weighted by Gasteiger charge is -2.39. The largest absolute Gasteiger partial charge is 0.497 e. The Morgan fingerprint density at radius 1 is 1.03 bits per heavy atom. The number of piperazine rings is 1. The van der Waals surface area contributed by atoms with Crippen LogP contribution in [0.25, 0.3) is 6.08 Å². The number of nitrogens with one attached hydrogen (secondary N) is 1. The third-order valence-electron chi connectivity index (χ3n) is 5.80. The molecule has 0 aromatic heterocycles. The van der Waals surface area contributed by atoms with Crippen molar-refractivity contribution in [1.29, 1.82) is 0 Å². The van der Waals surface area contributed by atoms with E-state index in [2.05, 4.69) is 17.1 Å². The molecule has 2 amide bonds. The summed E-state index contributed by atoms with van der Waals surface area (Å²) in [5.74, 6) is 0.390. The molecule has 0 spiro atoms. The fourth-order valence-corrected chi connectivity index (χ4v) is 4.12. The summed E-state index contributed by atoms with van der Waals surface area (Å²) in [7, 11) is 1.61. The number of carbonyl (C=O) groups excluding carboxylic acids is 2. The van der Waals surface area contributed by atoms with Crippen molar-refractivity contribution in [1.82, 2.24) is 15.1 Å². The van der Waals surface area contributed by atoms with Gasteiger partial charge in [0.2, 0.25) is 11.8 Å². The zero-order valence-electron chi connectivity index (χ0n) is 18.8. The number of hydrogen-bond donors (Lipinski definition) is 1. The summed E-state index contributed by atoms with van der Waals surface area (Å²) in [4.78, 5) is 29.2. The van der Waals surface area contributed by atoms with Crippen LogP contribution in [0, 0.1) is 0 Å². The van der Waals surface area contributed by atoms with E-state index in [-0.39, 0.29) is 17.9 Å². The molecule has 170 valence electrons. The van der Waals surface area contributed by atoms with E-state index in [0.29, 0.717) is 13.1 Å². The highest BCUT2D eigenvalue weighted by atomic mass is 35.5. The quantitative estimate of drug-likeness (QED) is 0.645. The number of halogens is 1. The van der Waals surface area contributed by atoms with E-state index in [1.165, 1.54) is 6.08 Å². The van der Waals surface area contributed by atoms with Crippen molar-refractivity contribution in [3.63, 3.8) is 0 Å². The molecule has 7 heteroatoms. The standard InChI is InChI=1S/C25H30ClN3O3/c1-18(27-24(30)13-10-20-8-11-21(32-3)12-9-20)25(31)29-16-14-28(15-17-29)19(2)22-6-4-5-7-23(22)26/h4-13,18-19H,14-17H2,1-3H3,(H,27,30)/b13-10+. The molecule has 32 heavy (non-hydrogen) atoms. The molecule has 0 saturated carbocycles. The topological polar surface area (TPSA) is 61.9 Å². The summed E-state index contributed by atoms with van der Waals surface area (Å²) in [6.45, 7) is 6.62. The van der Waals surface area contributed by atoms with Gasteiger partial charge in [-0.15, -0.1) is 0 Å². The number of benzene rings is 2. The van der Waals surface area contributed by atoms with Crippen LogP contribution >= 0.6 is 11.6 Å². The lowest BCUT2D eigenvalue weighted by atomic mass is 10.1. The number of rotatable bonds is 7. The van der Waals surface area contributed by atoms with Gasteiger partial charge in [0, 0.05) is 43.3 Å². The average molecular weight is 456 g/mol. The predicted octanol–water partition coefficient (Wildman–Crippen LogP) is 3.77. The van der Waals surface area contributed by atoms with Gasteiger partial charge in [0.05, 0.1) is 7.11 Å². The monoisotopic (exact) mass is 455 g/mol. The van der Waals surface area contributed by atoms with Crippen molar-refractivity contribution in [3.8, 4) is 5.75 Å². The third-order valence-corrected chi connectivity index (χ3v) is 6.15. The Bertz CT molecular complexity index is 953. The van der Waals surface area contributed by atoms with Gasteiger partial charge >= 0.3 is 0 Å². The first-order chi connectivity index (χ1) is 15.4. The van der Waals surface area contributed by atoms with Gasteiger partial charge in [0.15, 0.2) is 0 Å². The molecule has 2 aromatic carbocycles. The van der Waals surface area contributed by atoms with Crippen molar-refractivity contribution in [3.05, 3.63) is 70.8 Å². The second-order valence-corrected chi connectivity index (χ2v) is 8.30. The highest BCUT2D eigenvalue weighted by Crippen LogP contribution is 2.27. The van der Waals surface area contributed by atoms with Crippen LogP contribution in [-0.4, -0.2) is 60.9 Å². The molecule has 3 rings (SSSR count). The Morgan fingerprint density at radius 3 is 2.31 bits per heavy atom. The van der Waals surface area contributed by atoms with Gasteiger partial charge < -0.3 is 15.0 Å². The molecule has 1 heterocycles. The van der Waals surface area contributed by atoms with Crippen LogP contribution < -0.4 is 10.1 Å². The molecule has 1 fully saturated rings. The van der Waals surface area contributed by atoms with Crippen LogP contribution in [0.4, 0.5) is 0 Å². The van der Waals surface area contributed by atoms with Crippen molar-refractivity contribution < 1.29 is 14.3 Å². The van der Waals surface area contributed by atoms with Crippen molar-refractivity contribution in [2.75, 3.05) is 33.3 Å². The molecule has 1 aliphatic heterocycles. The average Bonchev–Trinajstić information content (AvgIpc) is 2.82. The van der Waals surface area contributed by atoms with Gasteiger partial charge in [-0.3, -0.25) is 14.5 Å². The highest BCUT2D eigenvalue weighted by molar-refractivity contribution is 6.31. The van der Waals surface area contributed by atoms with Crippen LogP contribution in [0.1, 0.15) is 31.0 Å². The zero-order valence-corrected chi connectivity index (χ0v) is 19.5. The Kier molecular flexibility index (Phi) is 8.31. The van der Waals surface area contributed by atoms with E-state index in [1.807, 2.05) is 53.4 Å².